The lowest BCUT2D eigenvalue weighted by molar-refractivity contribution is -0.161. The van der Waals surface area contributed by atoms with Crippen molar-refractivity contribution >= 4 is 23.6 Å². The van der Waals surface area contributed by atoms with Gasteiger partial charge >= 0.3 is 5.97 Å². The number of fused-ring (bicyclic) bond motifs is 1. The van der Waals surface area contributed by atoms with E-state index in [1.807, 2.05) is 6.92 Å². The summed E-state index contributed by atoms with van der Waals surface area (Å²) in [4.78, 5) is 27.5. The van der Waals surface area contributed by atoms with Crippen molar-refractivity contribution < 1.29 is 19.8 Å². The first-order valence-corrected chi connectivity index (χ1v) is 8.02. The van der Waals surface area contributed by atoms with Crippen molar-refractivity contribution in [2.45, 2.75) is 37.7 Å². The van der Waals surface area contributed by atoms with Gasteiger partial charge in [0, 0.05) is 22.5 Å². The zero-order valence-electron chi connectivity index (χ0n) is 12.3. The van der Waals surface area contributed by atoms with Crippen LogP contribution in [-0.2, 0) is 9.59 Å². The summed E-state index contributed by atoms with van der Waals surface area (Å²) in [6, 6.07) is -0.248. The Kier molecular flexibility index (Phi) is 5.00. The van der Waals surface area contributed by atoms with Crippen LogP contribution in [0.15, 0.2) is 16.4 Å². The number of hydrogen-bond donors (Lipinski definition) is 2. The minimum Gasteiger partial charge on any atom is -0.477 e. The number of carboxylic acids is 1. The molecule has 0 aliphatic carbocycles. The molecule has 22 heavy (non-hydrogen) atoms. The number of β-lactam (4-membered cyclic amide) rings is 1. The second-order valence-electron chi connectivity index (χ2n) is 5.54. The van der Waals surface area contributed by atoms with Gasteiger partial charge in [0.05, 0.1) is 18.1 Å². The molecule has 0 aromatic rings. The van der Waals surface area contributed by atoms with Crippen molar-refractivity contribution in [3.05, 3.63) is 21.7 Å². The van der Waals surface area contributed by atoms with Gasteiger partial charge in [0.25, 0.3) is 0 Å². The maximum atomic E-state index is 12.0. The van der Waals surface area contributed by atoms with Crippen molar-refractivity contribution in [1.29, 1.82) is 0 Å². The van der Waals surface area contributed by atoms with Gasteiger partial charge in [0.2, 0.25) is 5.91 Å². The summed E-state index contributed by atoms with van der Waals surface area (Å²) >= 11 is 1.49. The normalized spacial score (nSPS) is 26.1. The van der Waals surface area contributed by atoms with Gasteiger partial charge in [-0.25, -0.2) is 4.79 Å². The van der Waals surface area contributed by atoms with Gasteiger partial charge in [-0.3, -0.25) is 4.79 Å². The maximum Gasteiger partial charge on any atom is 0.352 e. The summed E-state index contributed by atoms with van der Waals surface area (Å²) in [6.07, 6.45) is -0.302. The Morgan fingerprint density at radius 3 is 2.82 bits per heavy atom. The van der Waals surface area contributed by atoms with Crippen LogP contribution in [0.2, 0.25) is 0 Å². The van der Waals surface area contributed by atoms with Gasteiger partial charge in [-0.05, 0) is 24.4 Å². The molecule has 0 aromatic heterocycles. The van der Waals surface area contributed by atoms with Crippen LogP contribution in [0, 0.1) is 5.92 Å². The second kappa shape index (κ2) is 6.60. The van der Waals surface area contributed by atoms with Crippen LogP contribution in [0.1, 0.15) is 20.3 Å². The van der Waals surface area contributed by atoms with E-state index in [9.17, 15) is 19.8 Å². The number of hydrogen-bond acceptors (Lipinski definition) is 5. The number of amides is 1. The van der Waals surface area contributed by atoms with Gasteiger partial charge in [-0.1, -0.05) is 12.0 Å². The van der Waals surface area contributed by atoms with E-state index in [-0.39, 0.29) is 22.9 Å². The molecule has 0 bridgehead atoms. The molecular weight excluding hydrogens is 308 g/mol. The molecular formula is C13H18N4O4S. The van der Waals surface area contributed by atoms with Crippen LogP contribution >= 0.6 is 11.8 Å². The topological polar surface area (TPSA) is 127 Å². The standard InChI is InChI=1S/C13H18N4O4S/c1-6(4-15-16-14)22-5-8-3-9-10(7(2)18)12(19)17(9)11(8)13(20)21/h6-7,9-10,18H,3-5H2,1-2H3,(H,20,21). The van der Waals surface area contributed by atoms with Crippen LogP contribution in [0.3, 0.4) is 0 Å². The zero-order chi connectivity index (χ0) is 16.4. The average Bonchev–Trinajstić information content (AvgIpc) is 2.76. The van der Waals surface area contributed by atoms with Crippen LogP contribution < -0.4 is 0 Å². The monoisotopic (exact) mass is 326 g/mol. The number of aliphatic hydroxyl groups is 1. The van der Waals surface area contributed by atoms with Crippen LogP contribution in [0.25, 0.3) is 10.4 Å². The first kappa shape index (κ1) is 16.7. The molecule has 120 valence electrons. The highest BCUT2D eigenvalue weighted by Gasteiger charge is 2.56. The number of carbonyl (C=O) groups excluding carboxylic acids is 1. The third-order valence-electron chi connectivity index (χ3n) is 3.97. The number of nitrogens with zero attached hydrogens (tertiary/aromatic N) is 4. The Labute approximate surface area is 131 Å². The average molecular weight is 326 g/mol. The summed E-state index contributed by atoms with van der Waals surface area (Å²) in [5.41, 5.74) is 9.04. The summed E-state index contributed by atoms with van der Waals surface area (Å²) in [5.74, 6) is -1.48. The first-order valence-electron chi connectivity index (χ1n) is 6.97. The van der Waals surface area contributed by atoms with Gasteiger partial charge in [0.1, 0.15) is 5.70 Å². The van der Waals surface area contributed by atoms with Crippen LogP contribution in [0.5, 0.6) is 0 Å². The number of thioether (sulfide) groups is 1. The number of carboxylic acid groups (broad SMARTS) is 1. The molecule has 1 amide bonds. The zero-order valence-corrected chi connectivity index (χ0v) is 13.2. The molecule has 2 rings (SSSR count). The fraction of sp³-hybridized carbons (Fsp3) is 0.692. The van der Waals surface area contributed by atoms with E-state index in [1.54, 1.807) is 6.92 Å². The highest BCUT2D eigenvalue weighted by molar-refractivity contribution is 8.00. The number of rotatable bonds is 7. The molecule has 1 fully saturated rings. The summed E-state index contributed by atoms with van der Waals surface area (Å²) in [7, 11) is 0. The van der Waals surface area contributed by atoms with Crippen molar-refractivity contribution in [2.24, 2.45) is 11.0 Å². The Hall–Kier alpha value is -1.70. The maximum absolute atomic E-state index is 12.0. The minimum absolute atomic E-state index is 0.0513. The summed E-state index contributed by atoms with van der Waals surface area (Å²) < 4.78 is 0. The van der Waals surface area contributed by atoms with Crippen molar-refractivity contribution in [2.75, 3.05) is 12.3 Å². The van der Waals surface area contributed by atoms with E-state index in [4.69, 9.17) is 5.53 Å². The number of carbonyl (C=O) groups is 2. The second-order valence-corrected chi connectivity index (χ2v) is 6.97. The predicted octanol–water partition coefficient (Wildman–Crippen LogP) is 1.37. The molecule has 4 atom stereocenters. The number of aliphatic carboxylic acids is 1. The van der Waals surface area contributed by atoms with E-state index in [1.165, 1.54) is 16.7 Å². The molecule has 0 radical (unpaired) electrons. The van der Waals surface area contributed by atoms with Crippen molar-refractivity contribution in [1.82, 2.24) is 4.90 Å². The molecule has 2 aliphatic heterocycles. The molecule has 2 N–H and O–H groups in total. The van der Waals surface area contributed by atoms with E-state index >= 15 is 0 Å². The van der Waals surface area contributed by atoms with E-state index in [2.05, 4.69) is 10.0 Å². The predicted molar refractivity (Wildman–Crippen MR) is 81.0 cm³/mol. The van der Waals surface area contributed by atoms with Gasteiger partial charge in [-0.15, -0.1) is 0 Å². The fourth-order valence-corrected chi connectivity index (χ4v) is 3.85. The van der Waals surface area contributed by atoms with Gasteiger partial charge in [-0.2, -0.15) is 11.8 Å². The molecule has 1 saturated heterocycles. The van der Waals surface area contributed by atoms with Gasteiger partial charge in [0.15, 0.2) is 0 Å². The molecule has 2 aliphatic rings. The first-order chi connectivity index (χ1) is 10.4. The molecule has 0 spiro atoms. The number of aliphatic hydroxyl groups excluding tert-OH is 1. The van der Waals surface area contributed by atoms with Gasteiger partial charge < -0.3 is 15.1 Å². The lowest BCUT2D eigenvalue weighted by Crippen LogP contribution is -2.61. The van der Waals surface area contributed by atoms with Crippen LogP contribution in [0.4, 0.5) is 0 Å². The molecule has 8 nitrogen and oxygen atoms in total. The Bertz CT molecular complexity index is 570. The third-order valence-corrected chi connectivity index (χ3v) is 5.20. The fourth-order valence-electron chi connectivity index (χ4n) is 2.94. The number of azide groups is 1. The Morgan fingerprint density at radius 1 is 1.59 bits per heavy atom. The SMILES string of the molecule is CC(CN=[N+]=[N-])SCC1=C(C(=O)O)N2C(=O)C(C(C)O)C2C1. The highest BCUT2D eigenvalue weighted by Crippen LogP contribution is 2.44. The quantitative estimate of drug-likeness (QED) is 0.316. The molecule has 2 heterocycles. The van der Waals surface area contributed by atoms with E-state index in [0.717, 1.165) is 0 Å². The largest absolute Gasteiger partial charge is 0.477 e. The third kappa shape index (κ3) is 2.92. The summed E-state index contributed by atoms with van der Waals surface area (Å²) in [6.45, 7) is 3.78. The lowest BCUT2D eigenvalue weighted by atomic mass is 9.83. The molecule has 0 aromatic carbocycles. The van der Waals surface area contributed by atoms with E-state index in [0.29, 0.717) is 24.3 Å². The smallest absolute Gasteiger partial charge is 0.352 e. The molecule has 4 unspecified atom stereocenters. The highest BCUT2D eigenvalue weighted by atomic mass is 32.2. The van der Waals surface area contributed by atoms with Crippen molar-refractivity contribution in [3.8, 4) is 0 Å². The minimum atomic E-state index is -1.11. The Morgan fingerprint density at radius 2 is 2.27 bits per heavy atom. The van der Waals surface area contributed by atoms with Crippen molar-refractivity contribution in [3.63, 3.8) is 0 Å². The molecule has 0 saturated carbocycles. The Balaban J connectivity index is 2.08. The van der Waals surface area contributed by atoms with E-state index < -0.39 is 18.0 Å². The molecule has 9 heteroatoms. The van der Waals surface area contributed by atoms with Crippen LogP contribution in [-0.4, -0.2) is 56.7 Å². The summed E-state index contributed by atoms with van der Waals surface area (Å²) in [5, 5.41) is 22.6. The lowest BCUT2D eigenvalue weighted by Gasteiger charge is -2.44.